The summed E-state index contributed by atoms with van der Waals surface area (Å²) in [6.45, 7) is 3.16. The number of carbonyl (C=O) groups is 1. The molecule has 1 N–H and O–H groups in total. The number of piperidine rings is 1. The molecule has 0 unspecified atom stereocenters. The number of hydrogen-bond donors (Lipinski definition) is 1. The van der Waals surface area contributed by atoms with Gasteiger partial charge >= 0.3 is 0 Å². The molecule has 0 radical (unpaired) electrons. The summed E-state index contributed by atoms with van der Waals surface area (Å²) < 4.78 is 5.18. The van der Waals surface area contributed by atoms with E-state index in [0.29, 0.717) is 11.5 Å². The molecule has 1 aromatic rings. The normalized spacial score (nSPS) is 20.7. The zero-order valence-corrected chi connectivity index (χ0v) is 15.3. The first-order valence-electron chi connectivity index (χ1n) is 9.00. The Morgan fingerprint density at radius 1 is 1.25 bits per heavy atom. The largest absolute Gasteiger partial charge is 0.497 e. The second-order valence-corrected chi connectivity index (χ2v) is 7.99. The third-order valence-electron chi connectivity index (χ3n) is 5.24. The van der Waals surface area contributed by atoms with Crippen LogP contribution in [0.5, 0.6) is 5.75 Å². The Labute approximate surface area is 149 Å². The van der Waals surface area contributed by atoms with Crippen molar-refractivity contribution in [2.24, 2.45) is 5.92 Å². The lowest BCUT2D eigenvalue weighted by Gasteiger charge is -2.39. The van der Waals surface area contributed by atoms with Crippen LogP contribution >= 0.6 is 11.8 Å². The maximum absolute atomic E-state index is 12.3. The van der Waals surface area contributed by atoms with Crippen molar-refractivity contribution in [1.82, 2.24) is 10.2 Å². The number of likely N-dealkylation sites (tertiary alicyclic amines) is 1. The van der Waals surface area contributed by atoms with Crippen LogP contribution < -0.4 is 10.1 Å². The van der Waals surface area contributed by atoms with Crippen LogP contribution in [0.25, 0.3) is 0 Å². The van der Waals surface area contributed by atoms with Crippen LogP contribution in [0.2, 0.25) is 0 Å². The number of carbonyl (C=O) groups excluding carboxylic acids is 1. The van der Waals surface area contributed by atoms with Gasteiger partial charge in [-0.15, -0.1) is 0 Å². The van der Waals surface area contributed by atoms with E-state index in [4.69, 9.17) is 4.74 Å². The van der Waals surface area contributed by atoms with E-state index in [1.807, 2.05) is 18.2 Å². The zero-order chi connectivity index (χ0) is 16.8. The molecule has 24 heavy (non-hydrogen) atoms. The van der Waals surface area contributed by atoms with Gasteiger partial charge in [-0.05, 0) is 74.4 Å². The van der Waals surface area contributed by atoms with Gasteiger partial charge in [-0.2, -0.15) is 11.8 Å². The second kappa shape index (κ2) is 8.77. The molecule has 2 saturated heterocycles. The van der Waals surface area contributed by atoms with Crippen LogP contribution in [0.4, 0.5) is 0 Å². The van der Waals surface area contributed by atoms with Gasteiger partial charge < -0.3 is 15.0 Å². The van der Waals surface area contributed by atoms with Crippen molar-refractivity contribution in [3.63, 3.8) is 0 Å². The van der Waals surface area contributed by atoms with Crippen LogP contribution in [0, 0.1) is 5.92 Å². The van der Waals surface area contributed by atoms with E-state index in [2.05, 4.69) is 22.0 Å². The van der Waals surface area contributed by atoms with Gasteiger partial charge in [-0.25, -0.2) is 0 Å². The number of methoxy groups -OCH3 is 1. The molecule has 1 aromatic carbocycles. The van der Waals surface area contributed by atoms with Crippen molar-refractivity contribution in [1.29, 1.82) is 0 Å². The summed E-state index contributed by atoms with van der Waals surface area (Å²) in [6.07, 6.45) is 5.09. The molecule has 0 saturated carbocycles. The molecule has 2 heterocycles. The first-order chi connectivity index (χ1) is 11.8. The summed E-state index contributed by atoms with van der Waals surface area (Å²) in [4.78, 5) is 15.0. The van der Waals surface area contributed by atoms with Crippen molar-refractivity contribution in [3.05, 3.63) is 29.8 Å². The van der Waals surface area contributed by atoms with E-state index in [1.165, 1.54) is 50.3 Å². The summed E-state index contributed by atoms with van der Waals surface area (Å²) in [5.74, 6) is 3.97. The molecular weight excluding hydrogens is 320 g/mol. The average molecular weight is 349 g/mol. The van der Waals surface area contributed by atoms with Gasteiger partial charge in [-0.1, -0.05) is 6.07 Å². The van der Waals surface area contributed by atoms with Gasteiger partial charge in [-0.3, -0.25) is 4.79 Å². The summed E-state index contributed by atoms with van der Waals surface area (Å²) in [6, 6.07) is 8.14. The van der Waals surface area contributed by atoms with E-state index < -0.39 is 0 Å². The molecule has 4 nitrogen and oxygen atoms in total. The summed E-state index contributed by atoms with van der Waals surface area (Å²) in [7, 11) is 1.62. The standard InChI is InChI=1S/C19H28N2O2S/c1-23-18-4-2-3-16(13-18)19(22)20-14-15-5-9-21(10-6-15)17-7-11-24-12-8-17/h2-4,13,15,17H,5-12,14H2,1H3,(H,20,22). The van der Waals surface area contributed by atoms with Gasteiger partial charge in [0.1, 0.15) is 5.75 Å². The lowest BCUT2D eigenvalue weighted by Crippen LogP contribution is -2.45. The van der Waals surface area contributed by atoms with Crippen LogP contribution in [-0.2, 0) is 0 Å². The number of ether oxygens (including phenoxy) is 1. The number of nitrogens with zero attached hydrogens (tertiary/aromatic N) is 1. The molecule has 3 rings (SSSR count). The summed E-state index contributed by atoms with van der Waals surface area (Å²) >= 11 is 2.09. The molecule has 1 amide bonds. The van der Waals surface area contributed by atoms with Crippen LogP contribution in [0.1, 0.15) is 36.0 Å². The first kappa shape index (κ1) is 17.6. The minimum Gasteiger partial charge on any atom is -0.497 e. The van der Waals surface area contributed by atoms with E-state index in [0.717, 1.165) is 18.3 Å². The van der Waals surface area contributed by atoms with Crippen molar-refractivity contribution in [2.75, 3.05) is 38.2 Å². The molecule has 2 aliphatic rings. The van der Waals surface area contributed by atoms with Crippen LogP contribution in [0.3, 0.4) is 0 Å². The molecule has 0 bridgehead atoms. The molecule has 132 valence electrons. The summed E-state index contributed by atoms with van der Waals surface area (Å²) in [5, 5.41) is 3.10. The van der Waals surface area contributed by atoms with Crippen LogP contribution in [-0.4, -0.2) is 55.1 Å². The fourth-order valence-electron chi connectivity index (χ4n) is 3.68. The van der Waals surface area contributed by atoms with E-state index in [9.17, 15) is 4.79 Å². The van der Waals surface area contributed by atoms with Gasteiger partial charge in [0.15, 0.2) is 0 Å². The maximum atomic E-state index is 12.3. The van der Waals surface area contributed by atoms with Crippen LogP contribution in [0.15, 0.2) is 24.3 Å². The topological polar surface area (TPSA) is 41.6 Å². The Balaban J connectivity index is 1.42. The Hall–Kier alpha value is -1.20. The zero-order valence-electron chi connectivity index (χ0n) is 14.5. The summed E-state index contributed by atoms with van der Waals surface area (Å²) in [5.41, 5.74) is 0.673. The van der Waals surface area contributed by atoms with E-state index in [-0.39, 0.29) is 5.91 Å². The number of benzene rings is 1. The minimum atomic E-state index is 0.000588. The quantitative estimate of drug-likeness (QED) is 0.888. The first-order valence-corrected chi connectivity index (χ1v) is 10.2. The predicted molar refractivity (Wildman–Crippen MR) is 100.0 cm³/mol. The Morgan fingerprint density at radius 3 is 2.71 bits per heavy atom. The SMILES string of the molecule is COc1cccc(C(=O)NCC2CCN(C3CCSCC3)CC2)c1. The molecule has 5 heteroatoms. The van der Waals surface area contributed by atoms with Gasteiger partial charge in [0, 0.05) is 18.2 Å². The van der Waals surface area contributed by atoms with Crippen molar-refractivity contribution < 1.29 is 9.53 Å². The number of hydrogen-bond acceptors (Lipinski definition) is 4. The molecule has 0 aliphatic carbocycles. The average Bonchev–Trinajstić information content (AvgIpc) is 2.67. The van der Waals surface area contributed by atoms with Gasteiger partial charge in [0.05, 0.1) is 7.11 Å². The Kier molecular flexibility index (Phi) is 6.44. The highest BCUT2D eigenvalue weighted by Gasteiger charge is 2.26. The maximum Gasteiger partial charge on any atom is 0.251 e. The van der Waals surface area contributed by atoms with E-state index >= 15 is 0 Å². The Bertz CT molecular complexity index is 538. The fourth-order valence-corrected chi connectivity index (χ4v) is 4.76. The smallest absolute Gasteiger partial charge is 0.251 e. The minimum absolute atomic E-state index is 0.000588. The number of amides is 1. The van der Waals surface area contributed by atoms with Crippen molar-refractivity contribution in [3.8, 4) is 5.75 Å². The highest BCUT2D eigenvalue weighted by molar-refractivity contribution is 7.99. The molecule has 2 aliphatic heterocycles. The van der Waals surface area contributed by atoms with Crippen molar-refractivity contribution in [2.45, 2.75) is 31.7 Å². The highest BCUT2D eigenvalue weighted by Crippen LogP contribution is 2.26. The second-order valence-electron chi connectivity index (χ2n) is 6.76. The fraction of sp³-hybridized carbons (Fsp3) is 0.632. The van der Waals surface area contributed by atoms with Gasteiger partial charge in [0.25, 0.3) is 5.91 Å². The molecule has 2 fully saturated rings. The lowest BCUT2D eigenvalue weighted by molar-refractivity contribution is 0.0920. The van der Waals surface area contributed by atoms with Gasteiger partial charge in [0.2, 0.25) is 0 Å². The molecule has 0 aromatic heterocycles. The monoisotopic (exact) mass is 348 g/mol. The van der Waals surface area contributed by atoms with E-state index in [1.54, 1.807) is 13.2 Å². The Morgan fingerprint density at radius 2 is 2.00 bits per heavy atom. The third-order valence-corrected chi connectivity index (χ3v) is 6.29. The highest BCUT2D eigenvalue weighted by atomic mass is 32.2. The molecular formula is C19H28N2O2S. The number of nitrogens with one attached hydrogen (secondary N) is 1. The van der Waals surface area contributed by atoms with Crippen molar-refractivity contribution >= 4 is 17.7 Å². The number of thioether (sulfide) groups is 1. The molecule has 0 atom stereocenters. The number of rotatable bonds is 5. The predicted octanol–water partition coefficient (Wildman–Crippen LogP) is 3.03. The molecule has 0 spiro atoms. The third kappa shape index (κ3) is 4.67. The lowest BCUT2D eigenvalue weighted by atomic mass is 9.94.